The Bertz CT molecular complexity index is 428. The largest absolute Gasteiger partial charge is 0.302 e. The summed E-state index contributed by atoms with van der Waals surface area (Å²) in [6.45, 7) is 5.88. The first-order valence-electron chi connectivity index (χ1n) is 5.14. The lowest BCUT2D eigenvalue weighted by atomic mass is 10.3. The van der Waals surface area contributed by atoms with Crippen LogP contribution in [0.1, 0.15) is 20.8 Å². The first-order valence-corrected chi connectivity index (χ1v) is 7.12. The Balaban J connectivity index is 2.40. The molecule has 1 aromatic rings. The Morgan fingerprint density at radius 2 is 2.00 bits per heavy atom. The van der Waals surface area contributed by atoms with Crippen LogP contribution in [0.25, 0.3) is 0 Å². The van der Waals surface area contributed by atoms with E-state index in [2.05, 4.69) is 0 Å². The lowest BCUT2D eigenvalue weighted by Gasteiger charge is -2.29. The van der Waals surface area contributed by atoms with Crippen LogP contribution in [0.15, 0.2) is 29.2 Å². The average Bonchev–Trinajstić information content (AvgIpc) is 2.51. The number of nitrogens with zero attached hydrogens (tertiary/aromatic N) is 1. The first-order chi connectivity index (χ1) is 7.41. The molecule has 0 aliphatic carbocycles. The third kappa shape index (κ3) is 1.99. The number of thioether (sulfide) groups is 1. The second-order valence-corrected chi connectivity index (χ2v) is 7.94. The molecule has 1 aliphatic heterocycles. The van der Waals surface area contributed by atoms with Gasteiger partial charge in [-0.15, -0.1) is 0 Å². The van der Waals surface area contributed by atoms with E-state index in [0.29, 0.717) is 0 Å². The van der Waals surface area contributed by atoms with Crippen molar-refractivity contribution in [1.29, 1.82) is 0 Å². The fourth-order valence-corrected chi connectivity index (χ4v) is 3.98. The molecule has 2 unspecified atom stereocenters. The van der Waals surface area contributed by atoms with Gasteiger partial charge in [0.15, 0.2) is 0 Å². The molecule has 5 heteroatoms. The fraction of sp³-hybridized carbons (Fsp3) is 0.455. The molecule has 0 bridgehead atoms. The van der Waals surface area contributed by atoms with Crippen molar-refractivity contribution in [2.24, 2.45) is 5.73 Å². The van der Waals surface area contributed by atoms with E-state index in [-0.39, 0.29) is 10.2 Å². The summed E-state index contributed by atoms with van der Waals surface area (Å²) in [5.74, 6) is 0. The van der Waals surface area contributed by atoms with Crippen molar-refractivity contribution < 1.29 is 4.21 Å². The van der Waals surface area contributed by atoms with Crippen molar-refractivity contribution in [3.05, 3.63) is 24.3 Å². The van der Waals surface area contributed by atoms with Crippen LogP contribution in [-0.4, -0.2) is 14.5 Å². The van der Waals surface area contributed by atoms with Gasteiger partial charge in [-0.25, -0.2) is 4.21 Å². The highest BCUT2D eigenvalue weighted by Crippen LogP contribution is 2.43. The molecular formula is C11H16N2OS2. The summed E-state index contributed by atoms with van der Waals surface area (Å²) in [5, 5.41) is 0. The maximum absolute atomic E-state index is 12.4. The summed E-state index contributed by atoms with van der Waals surface area (Å²) in [4.78, 5) is 1.10. The molecule has 0 fully saturated rings. The summed E-state index contributed by atoms with van der Waals surface area (Å²) < 4.78 is 13.9. The molecule has 16 heavy (non-hydrogen) atoms. The van der Waals surface area contributed by atoms with Gasteiger partial charge >= 0.3 is 0 Å². The monoisotopic (exact) mass is 256 g/mol. The molecule has 3 nitrogen and oxygen atoms in total. The van der Waals surface area contributed by atoms with E-state index in [1.807, 2.05) is 45.0 Å². The Labute approximate surface area is 103 Å². The lowest BCUT2D eigenvalue weighted by Crippen LogP contribution is -2.44. The minimum atomic E-state index is -1.12. The molecule has 0 spiro atoms. The van der Waals surface area contributed by atoms with Crippen LogP contribution in [0.4, 0.5) is 5.69 Å². The van der Waals surface area contributed by atoms with Crippen molar-refractivity contribution in [2.75, 3.05) is 4.31 Å². The topological polar surface area (TPSA) is 46.3 Å². The van der Waals surface area contributed by atoms with E-state index >= 15 is 0 Å². The van der Waals surface area contributed by atoms with Crippen LogP contribution in [0.5, 0.6) is 0 Å². The van der Waals surface area contributed by atoms with E-state index < -0.39 is 11.0 Å². The Morgan fingerprint density at radius 1 is 1.38 bits per heavy atom. The Hall–Kier alpha value is -0.520. The third-order valence-electron chi connectivity index (χ3n) is 2.28. The van der Waals surface area contributed by atoms with Crippen LogP contribution < -0.4 is 10.0 Å². The van der Waals surface area contributed by atoms with Crippen LogP contribution in [-0.2, 0) is 11.0 Å². The zero-order valence-electron chi connectivity index (χ0n) is 9.64. The predicted octanol–water partition coefficient (Wildman–Crippen LogP) is 2.30. The van der Waals surface area contributed by atoms with Gasteiger partial charge in [-0.1, -0.05) is 23.9 Å². The van der Waals surface area contributed by atoms with Gasteiger partial charge in [-0.3, -0.25) is 4.31 Å². The first kappa shape index (κ1) is 12.0. The van der Waals surface area contributed by atoms with Gasteiger partial charge in [0.05, 0.1) is 10.4 Å². The number of nitrogens with two attached hydrogens (primary N) is 1. The van der Waals surface area contributed by atoms with E-state index in [0.717, 1.165) is 10.6 Å². The second-order valence-electron chi connectivity index (χ2n) is 4.66. The van der Waals surface area contributed by atoms with E-state index in [4.69, 9.17) is 5.73 Å². The zero-order valence-corrected chi connectivity index (χ0v) is 11.3. The van der Waals surface area contributed by atoms with E-state index in [9.17, 15) is 4.21 Å². The molecule has 2 N–H and O–H groups in total. The van der Waals surface area contributed by atoms with Gasteiger partial charge < -0.3 is 5.73 Å². The SMILES string of the molecule is CC(C)(C)S(=O)N1c2ccccc2SC1N. The van der Waals surface area contributed by atoms with Crippen molar-refractivity contribution in [3.8, 4) is 0 Å². The molecular weight excluding hydrogens is 240 g/mol. The molecule has 88 valence electrons. The van der Waals surface area contributed by atoms with Crippen molar-refractivity contribution in [2.45, 2.75) is 35.9 Å². The summed E-state index contributed by atoms with van der Waals surface area (Å²) in [5.41, 5.74) is 6.75. The van der Waals surface area contributed by atoms with Crippen LogP contribution in [0.2, 0.25) is 0 Å². The lowest BCUT2D eigenvalue weighted by molar-refractivity contribution is 0.643. The average molecular weight is 256 g/mol. The molecule has 0 amide bonds. The molecule has 2 atom stereocenters. The molecule has 1 heterocycles. The van der Waals surface area contributed by atoms with Gasteiger partial charge in [0.2, 0.25) is 0 Å². The molecule has 0 saturated carbocycles. The molecule has 0 aromatic heterocycles. The van der Waals surface area contributed by atoms with Gasteiger partial charge in [0, 0.05) is 4.90 Å². The number of fused-ring (bicyclic) bond motifs is 1. The number of benzene rings is 1. The summed E-state index contributed by atoms with van der Waals surface area (Å²) in [7, 11) is -1.12. The minimum Gasteiger partial charge on any atom is -0.302 e. The maximum Gasteiger partial charge on any atom is 0.142 e. The quantitative estimate of drug-likeness (QED) is 0.838. The summed E-state index contributed by atoms with van der Waals surface area (Å²) in [6, 6.07) is 7.91. The third-order valence-corrected chi connectivity index (χ3v) is 5.30. The van der Waals surface area contributed by atoms with Crippen LogP contribution in [0, 0.1) is 0 Å². The fourth-order valence-electron chi connectivity index (χ4n) is 1.53. The smallest absolute Gasteiger partial charge is 0.142 e. The van der Waals surface area contributed by atoms with Crippen LogP contribution >= 0.6 is 11.8 Å². The number of anilines is 1. The Kier molecular flexibility index (Phi) is 3.03. The van der Waals surface area contributed by atoms with E-state index in [1.165, 1.54) is 0 Å². The molecule has 0 saturated heterocycles. The van der Waals surface area contributed by atoms with Gasteiger partial charge in [0.1, 0.15) is 16.5 Å². The maximum atomic E-state index is 12.4. The second kappa shape index (κ2) is 4.05. The van der Waals surface area contributed by atoms with E-state index in [1.54, 1.807) is 16.1 Å². The number of hydrogen-bond donors (Lipinski definition) is 1. The van der Waals surface area contributed by atoms with Crippen molar-refractivity contribution in [3.63, 3.8) is 0 Å². The van der Waals surface area contributed by atoms with Gasteiger partial charge in [0.25, 0.3) is 0 Å². The highest BCUT2D eigenvalue weighted by molar-refractivity contribution is 8.02. The zero-order chi connectivity index (χ0) is 11.9. The highest BCUT2D eigenvalue weighted by atomic mass is 32.2. The highest BCUT2D eigenvalue weighted by Gasteiger charge is 2.36. The summed E-state index contributed by atoms with van der Waals surface area (Å²) >= 11 is 1.55. The van der Waals surface area contributed by atoms with Gasteiger partial charge in [-0.2, -0.15) is 0 Å². The minimum absolute atomic E-state index is 0.252. The number of rotatable bonds is 1. The molecule has 0 radical (unpaired) electrons. The van der Waals surface area contributed by atoms with Crippen molar-refractivity contribution >= 4 is 28.4 Å². The predicted molar refractivity (Wildman–Crippen MR) is 70.6 cm³/mol. The molecule has 2 rings (SSSR count). The Morgan fingerprint density at radius 3 is 2.62 bits per heavy atom. The summed E-state index contributed by atoms with van der Waals surface area (Å²) in [6.07, 6.45) is 0. The number of para-hydroxylation sites is 1. The number of hydrogen-bond acceptors (Lipinski definition) is 3. The standard InChI is InChI=1S/C11H16N2OS2/c1-11(2,3)16(14)13-8-6-4-5-7-9(8)15-10(13)12/h4-7,10H,12H2,1-3H3. The normalized spacial score (nSPS) is 22.0. The molecule has 1 aliphatic rings. The molecule has 1 aromatic carbocycles. The van der Waals surface area contributed by atoms with Crippen LogP contribution in [0.3, 0.4) is 0 Å². The van der Waals surface area contributed by atoms with Crippen molar-refractivity contribution in [1.82, 2.24) is 0 Å². The van der Waals surface area contributed by atoms with Gasteiger partial charge in [-0.05, 0) is 32.9 Å².